The highest BCUT2D eigenvalue weighted by Crippen LogP contribution is 2.37. The third kappa shape index (κ3) is 2.53. The largest absolute Gasteiger partial charge is 0.250 e. The zero-order chi connectivity index (χ0) is 13.9. The molecular formula is C14H10F2N2S2. The maximum Gasteiger partial charge on any atom is 0.128 e. The van der Waals surface area contributed by atoms with Crippen LogP contribution < -0.4 is 0 Å². The van der Waals surface area contributed by atoms with Gasteiger partial charge in [-0.05, 0) is 17.7 Å². The zero-order valence-electron chi connectivity index (χ0n) is 10.3. The van der Waals surface area contributed by atoms with E-state index in [1.807, 2.05) is 5.38 Å². The zero-order valence-corrected chi connectivity index (χ0v) is 12.0. The highest BCUT2D eigenvalue weighted by atomic mass is 32.2. The van der Waals surface area contributed by atoms with E-state index in [0.717, 1.165) is 26.4 Å². The molecule has 1 aromatic carbocycles. The van der Waals surface area contributed by atoms with Gasteiger partial charge in [-0.2, -0.15) is 0 Å². The summed E-state index contributed by atoms with van der Waals surface area (Å²) in [6.45, 7) is -0.397. The molecule has 2 aromatic heterocycles. The lowest BCUT2D eigenvalue weighted by molar-refractivity contribution is 0.532. The molecule has 0 bridgehead atoms. The molecule has 102 valence electrons. The lowest BCUT2D eigenvalue weighted by Gasteiger charge is -2.04. The Morgan fingerprint density at radius 2 is 1.95 bits per heavy atom. The first-order chi connectivity index (χ1) is 9.79. The second kappa shape index (κ2) is 5.85. The van der Waals surface area contributed by atoms with Crippen LogP contribution >= 0.6 is 23.1 Å². The van der Waals surface area contributed by atoms with E-state index in [4.69, 9.17) is 0 Å². The summed E-state index contributed by atoms with van der Waals surface area (Å²) in [5, 5.41) is 3.67. The van der Waals surface area contributed by atoms with Gasteiger partial charge in [0, 0.05) is 16.7 Å². The smallest absolute Gasteiger partial charge is 0.128 e. The summed E-state index contributed by atoms with van der Waals surface area (Å²) in [4.78, 5) is 9.34. The molecule has 6 heteroatoms. The highest BCUT2D eigenvalue weighted by Gasteiger charge is 2.13. The topological polar surface area (TPSA) is 25.8 Å². The van der Waals surface area contributed by atoms with E-state index in [0.29, 0.717) is 5.75 Å². The Bertz CT molecular complexity index is 726. The molecule has 0 fully saturated rings. The molecule has 2 heterocycles. The average molecular weight is 308 g/mol. The minimum atomic E-state index is -0.397. The summed E-state index contributed by atoms with van der Waals surface area (Å²) in [5.41, 5.74) is 1.88. The maximum absolute atomic E-state index is 13.0. The molecule has 20 heavy (non-hydrogen) atoms. The molecule has 0 N–H and O–H groups in total. The van der Waals surface area contributed by atoms with Crippen LogP contribution in [0.5, 0.6) is 0 Å². The normalized spacial score (nSPS) is 11.1. The van der Waals surface area contributed by atoms with Crippen molar-refractivity contribution in [3.63, 3.8) is 0 Å². The molecule has 0 spiro atoms. The summed E-state index contributed by atoms with van der Waals surface area (Å²) >= 11 is 2.88. The monoisotopic (exact) mass is 308 g/mol. The van der Waals surface area contributed by atoms with E-state index in [-0.39, 0.29) is 5.82 Å². The maximum atomic E-state index is 13.0. The standard InChI is InChI=1S/C14H10F2N2S2/c15-5-6-19-13-12-11(7-20-14(12)18-8-17-13)9-1-3-10(16)4-2-9/h1-4,7-8H,5-6H2. The van der Waals surface area contributed by atoms with E-state index in [1.165, 1.54) is 41.6 Å². The van der Waals surface area contributed by atoms with Crippen molar-refractivity contribution < 1.29 is 8.78 Å². The van der Waals surface area contributed by atoms with Crippen molar-refractivity contribution in [2.75, 3.05) is 12.4 Å². The number of benzene rings is 1. The molecule has 0 saturated carbocycles. The number of aromatic nitrogens is 2. The number of alkyl halides is 1. The Labute approximate surface area is 122 Å². The van der Waals surface area contributed by atoms with E-state index in [1.54, 1.807) is 12.1 Å². The van der Waals surface area contributed by atoms with Gasteiger partial charge in [-0.25, -0.2) is 14.4 Å². The molecule has 0 aliphatic heterocycles. The van der Waals surface area contributed by atoms with Gasteiger partial charge in [0.2, 0.25) is 0 Å². The predicted molar refractivity (Wildman–Crippen MR) is 79.5 cm³/mol. The number of rotatable bonds is 4. The van der Waals surface area contributed by atoms with Crippen molar-refractivity contribution >= 4 is 33.3 Å². The first-order valence-electron chi connectivity index (χ1n) is 5.96. The fourth-order valence-corrected chi connectivity index (χ4v) is 3.66. The van der Waals surface area contributed by atoms with Crippen LogP contribution in [0.25, 0.3) is 21.3 Å². The number of thiophene rings is 1. The molecule has 0 amide bonds. The van der Waals surface area contributed by atoms with Crippen LogP contribution in [0.3, 0.4) is 0 Å². The van der Waals surface area contributed by atoms with Gasteiger partial charge >= 0.3 is 0 Å². The first kappa shape index (κ1) is 13.5. The number of thioether (sulfide) groups is 1. The van der Waals surface area contributed by atoms with Crippen LogP contribution in [0.2, 0.25) is 0 Å². The fraction of sp³-hybridized carbons (Fsp3) is 0.143. The highest BCUT2D eigenvalue weighted by molar-refractivity contribution is 7.99. The van der Waals surface area contributed by atoms with Gasteiger partial charge in [0.25, 0.3) is 0 Å². The Kier molecular flexibility index (Phi) is 3.93. The number of hydrogen-bond donors (Lipinski definition) is 0. The van der Waals surface area contributed by atoms with Gasteiger partial charge in [-0.15, -0.1) is 23.1 Å². The molecule has 0 aliphatic carbocycles. The summed E-state index contributed by atoms with van der Waals surface area (Å²) in [6.07, 6.45) is 1.49. The molecule has 0 atom stereocenters. The van der Waals surface area contributed by atoms with Crippen molar-refractivity contribution in [1.29, 1.82) is 0 Å². The summed E-state index contributed by atoms with van der Waals surface area (Å²) < 4.78 is 25.4. The van der Waals surface area contributed by atoms with Crippen LogP contribution in [0, 0.1) is 5.82 Å². The van der Waals surface area contributed by atoms with Gasteiger partial charge in [0.05, 0.1) is 12.1 Å². The lowest BCUT2D eigenvalue weighted by atomic mass is 10.1. The second-order valence-electron chi connectivity index (χ2n) is 4.05. The molecular weight excluding hydrogens is 298 g/mol. The van der Waals surface area contributed by atoms with E-state index in [2.05, 4.69) is 9.97 Å². The predicted octanol–water partition coefficient (Wildman–Crippen LogP) is 4.56. The van der Waals surface area contributed by atoms with Gasteiger partial charge in [-0.1, -0.05) is 12.1 Å². The van der Waals surface area contributed by atoms with Crippen LogP contribution in [0.4, 0.5) is 8.78 Å². The van der Waals surface area contributed by atoms with Crippen LogP contribution in [0.1, 0.15) is 0 Å². The Morgan fingerprint density at radius 3 is 2.70 bits per heavy atom. The molecule has 0 saturated heterocycles. The molecule has 0 unspecified atom stereocenters. The minimum absolute atomic E-state index is 0.267. The van der Waals surface area contributed by atoms with Crippen LogP contribution in [0.15, 0.2) is 41.0 Å². The van der Waals surface area contributed by atoms with Gasteiger partial charge in [0.1, 0.15) is 22.0 Å². The number of hydrogen-bond acceptors (Lipinski definition) is 4. The Morgan fingerprint density at radius 1 is 1.15 bits per heavy atom. The van der Waals surface area contributed by atoms with Crippen molar-refractivity contribution in [2.45, 2.75) is 5.03 Å². The third-order valence-corrected chi connectivity index (χ3v) is 4.63. The van der Waals surface area contributed by atoms with Crippen molar-refractivity contribution in [3.05, 3.63) is 41.8 Å². The first-order valence-corrected chi connectivity index (χ1v) is 7.83. The minimum Gasteiger partial charge on any atom is -0.250 e. The van der Waals surface area contributed by atoms with E-state index in [9.17, 15) is 8.78 Å². The number of halogens is 2. The molecule has 2 nitrogen and oxygen atoms in total. The van der Waals surface area contributed by atoms with Gasteiger partial charge in [0.15, 0.2) is 0 Å². The van der Waals surface area contributed by atoms with Crippen molar-refractivity contribution in [2.24, 2.45) is 0 Å². The Hall–Kier alpha value is -1.53. The third-order valence-electron chi connectivity index (χ3n) is 2.81. The molecule has 3 aromatic rings. The second-order valence-corrected chi connectivity index (χ2v) is 5.99. The van der Waals surface area contributed by atoms with Gasteiger partial charge in [-0.3, -0.25) is 4.39 Å². The van der Waals surface area contributed by atoms with Crippen LogP contribution in [-0.2, 0) is 0 Å². The molecule has 3 rings (SSSR count). The van der Waals surface area contributed by atoms with Crippen molar-refractivity contribution in [3.8, 4) is 11.1 Å². The summed E-state index contributed by atoms with van der Waals surface area (Å²) in [7, 11) is 0. The van der Waals surface area contributed by atoms with E-state index >= 15 is 0 Å². The molecule has 0 aliphatic rings. The van der Waals surface area contributed by atoms with E-state index < -0.39 is 6.67 Å². The average Bonchev–Trinajstić information content (AvgIpc) is 2.90. The van der Waals surface area contributed by atoms with Crippen molar-refractivity contribution in [1.82, 2.24) is 9.97 Å². The number of fused-ring (bicyclic) bond motifs is 1. The van der Waals surface area contributed by atoms with Crippen LogP contribution in [-0.4, -0.2) is 22.4 Å². The molecule has 0 radical (unpaired) electrons. The summed E-state index contributed by atoms with van der Waals surface area (Å²) in [6, 6.07) is 6.31. The van der Waals surface area contributed by atoms with Gasteiger partial charge < -0.3 is 0 Å². The SMILES string of the molecule is FCCSc1ncnc2scc(-c3ccc(F)cc3)c12. The number of nitrogens with zero attached hydrogens (tertiary/aromatic N) is 2. The summed E-state index contributed by atoms with van der Waals surface area (Å²) in [5.74, 6) is 0.0988. The fourth-order valence-electron chi connectivity index (χ4n) is 1.93. The lowest BCUT2D eigenvalue weighted by Crippen LogP contribution is -1.88. The quantitative estimate of drug-likeness (QED) is 0.522. The Balaban J connectivity index is 2.13.